The number of aliphatic imine (C=N–C) groups is 1. The molecular formula is C12H16ClNO. The van der Waals surface area contributed by atoms with Crippen molar-refractivity contribution in [3.63, 3.8) is 0 Å². The van der Waals surface area contributed by atoms with Gasteiger partial charge in [-0.05, 0) is 12.1 Å². The summed E-state index contributed by atoms with van der Waals surface area (Å²) in [7, 11) is 1.62. The zero-order valence-corrected chi connectivity index (χ0v) is 10.3. The van der Waals surface area contributed by atoms with Crippen molar-refractivity contribution in [2.24, 2.45) is 10.4 Å². The zero-order valence-electron chi connectivity index (χ0n) is 9.54. The summed E-state index contributed by atoms with van der Waals surface area (Å²) in [6.07, 6.45) is 0. The summed E-state index contributed by atoms with van der Waals surface area (Å²) in [6.45, 7) is 6.07. The lowest BCUT2D eigenvalue weighted by molar-refractivity contribution is 0.416. The van der Waals surface area contributed by atoms with E-state index in [9.17, 15) is 0 Å². The van der Waals surface area contributed by atoms with E-state index in [4.69, 9.17) is 16.3 Å². The Morgan fingerprint density at radius 2 is 1.87 bits per heavy atom. The second kappa shape index (κ2) is 4.67. The Hall–Kier alpha value is -1.02. The standard InChI is InChI=1S/C12H16ClNO/c1-12(2,3)11(13)14-9-7-5-6-8-10(9)15-4/h5-8H,1-4H3. The number of hydrogen-bond acceptors (Lipinski definition) is 2. The topological polar surface area (TPSA) is 21.6 Å². The molecule has 1 rings (SSSR count). The van der Waals surface area contributed by atoms with Crippen LogP contribution in [0.1, 0.15) is 20.8 Å². The predicted octanol–water partition coefficient (Wildman–Crippen LogP) is 4.01. The molecule has 0 saturated heterocycles. The highest BCUT2D eigenvalue weighted by molar-refractivity contribution is 6.66. The molecule has 2 nitrogen and oxygen atoms in total. The van der Waals surface area contributed by atoms with Crippen LogP contribution in [0.25, 0.3) is 0 Å². The molecule has 0 aliphatic heterocycles. The number of rotatable bonds is 2. The highest BCUT2D eigenvalue weighted by atomic mass is 35.5. The van der Waals surface area contributed by atoms with Crippen LogP contribution in [-0.2, 0) is 0 Å². The van der Waals surface area contributed by atoms with Gasteiger partial charge in [0.05, 0.1) is 7.11 Å². The van der Waals surface area contributed by atoms with Gasteiger partial charge in [-0.15, -0.1) is 0 Å². The second-order valence-electron chi connectivity index (χ2n) is 4.32. The summed E-state index contributed by atoms with van der Waals surface area (Å²) < 4.78 is 5.19. The van der Waals surface area contributed by atoms with Gasteiger partial charge in [-0.3, -0.25) is 0 Å². The molecule has 0 heterocycles. The average Bonchev–Trinajstić information content (AvgIpc) is 2.17. The highest BCUT2D eigenvalue weighted by Gasteiger charge is 2.17. The maximum Gasteiger partial charge on any atom is 0.144 e. The Kier molecular flexibility index (Phi) is 3.75. The minimum absolute atomic E-state index is 0.136. The van der Waals surface area contributed by atoms with Crippen LogP contribution in [0.3, 0.4) is 0 Å². The number of methoxy groups -OCH3 is 1. The van der Waals surface area contributed by atoms with Crippen molar-refractivity contribution >= 4 is 22.5 Å². The summed E-state index contributed by atoms with van der Waals surface area (Å²) >= 11 is 6.11. The Morgan fingerprint density at radius 3 is 2.40 bits per heavy atom. The molecule has 0 fully saturated rings. The summed E-state index contributed by atoms with van der Waals surface area (Å²) in [6, 6.07) is 7.57. The summed E-state index contributed by atoms with van der Waals surface area (Å²) in [4.78, 5) is 4.36. The van der Waals surface area contributed by atoms with Crippen molar-refractivity contribution in [3.05, 3.63) is 24.3 Å². The number of halogens is 1. The van der Waals surface area contributed by atoms with Gasteiger partial charge < -0.3 is 4.74 Å². The fourth-order valence-corrected chi connectivity index (χ4v) is 1.09. The van der Waals surface area contributed by atoms with Gasteiger partial charge in [0.25, 0.3) is 0 Å². The third-order valence-corrected chi connectivity index (χ3v) is 2.57. The van der Waals surface area contributed by atoms with Crippen LogP contribution >= 0.6 is 11.6 Å². The monoisotopic (exact) mass is 225 g/mol. The van der Waals surface area contributed by atoms with Crippen molar-refractivity contribution in [3.8, 4) is 5.75 Å². The maximum atomic E-state index is 6.11. The van der Waals surface area contributed by atoms with Gasteiger partial charge in [-0.25, -0.2) is 4.99 Å². The number of para-hydroxylation sites is 2. The first-order chi connectivity index (χ1) is 6.95. The molecule has 0 spiro atoms. The summed E-state index contributed by atoms with van der Waals surface area (Å²) in [5, 5.41) is 0.576. The molecule has 0 N–H and O–H groups in total. The molecule has 3 heteroatoms. The van der Waals surface area contributed by atoms with Crippen LogP contribution in [0, 0.1) is 5.41 Å². The Morgan fingerprint density at radius 1 is 1.27 bits per heavy atom. The van der Waals surface area contributed by atoms with Crippen molar-refractivity contribution < 1.29 is 4.74 Å². The first-order valence-corrected chi connectivity index (χ1v) is 5.20. The molecule has 0 aromatic heterocycles. The van der Waals surface area contributed by atoms with Gasteiger partial charge in [0, 0.05) is 5.41 Å². The van der Waals surface area contributed by atoms with Crippen LogP contribution in [0.5, 0.6) is 5.75 Å². The molecule has 15 heavy (non-hydrogen) atoms. The first kappa shape index (κ1) is 12.1. The summed E-state index contributed by atoms with van der Waals surface area (Å²) in [5.74, 6) is 0.736. The molecule has 0 unspecified atom stereocenters. The third-order valence-electron chi connectivity index (χ3n) is 1.92. The molecule has 82 valence electrons. The number of benzene rings is 1. The Balaban J connectivity index is 3.08. The van der Waals surface area contributed by atoms with E-state index in [1.54, 1.807) is 7.11 Å². The van der Waals surface area contributed by atoms with Crippen LogP contribution in [0.4, 0.5) is 5.69 Å². The van der Waals surface area contributed by atoms with Gasteiger partial charge in [0.2, 0.25) is 0 Å². The van der Waals surface area contributed by atoms with E-state index in [2.05, 4.69) is 4.99 Å². The van der Waals surface area contributed by atoms with Gasteiger partial charge in [0.15, 0.2) is 0 Å². The van der Waals surface area contributed by atoms with Crippen molar-refractivity contribution in [1.82, 2.24) is 0 Å². The van der Waals surface area contributed by atoms with Crippen LogP contribution in [-0.4, -0.2) is 12.3 Å². The number of hydrogen-bond donors (Lipinski definition) is 0. The van der Waals surface area contributed by atoms with Crippen molar-refractivity contribution in [2.75, 3.05) is 7.11 Å². The minimum atomic E-state index is -0.136. The molecule has 0 saturated carbocycles. The van der Waals surface area contributed by atoms with Crippen LogP contribution < -0.4 is 4.74 Å². The Labute approximate surface area is 95.9 Å². The van der Waals surface area contributed by atoms with E-state index in [1.807, 2.05) is 45.0 Å². The van der Waals surface area contributed by atoms with E-state index in [0.717, 1.165) is 11.4 Å². The van der Waals surface area contributed by atoms with E-state index in [-0.39, 0.29) is 5.41 Å². The lowest BCUT2D eigenvalue weighted by atomic mass is 9.99. The van der Waals surface area contributed by atoms with Gasteiger partial charge >= 0.3 is 0 Å². The SMILES string of the molecule is COc1ccccc1N=C(Cl)C(C)(C)C. The first-order valence-electron chi connectivity index (χ1n) is 4.83. The van der Waals surface area contributed by atoms with E-state index < -0.39 is 0 Å². The third kappa shape index (κ3) is 3.24. The number of ether oxygens (including phenoxy) is 1. The van der Waals surface area contributed by atoms with E-state index in [1.165, 1.54) is 0 Å². The zero-order chi connectivity index (χ0) is 11.5. The van der Waals surface area contributed by atoms with Gasteiger partial charge in [0.1, 0.15) is 16.6 Å². The van der Waals surface area contributed by atoms with E-state index in [0.29, 0.717) is 5.17 Å². The molecule has 0 atom stereocenters. The molecule has 0 bridgehead atoms. The minimum Gasteiger partial charge on any atom is -0.494 e. The van der Waals surface area contributed by atoms with E-state index >= 15 is 0 Å². The molecule has 0 radical (unpaired) electrons. The molecular weight excluding hydrogens is 210 g/mol. The van der Waals surface area contributed by atoms with Crippen LogP contribution in [0.2, 0.25) is 0 Å². The smallest absolute Gasteiger partial charge is 0.144 e. The number of nitrogens with zero attached hydrogens (tertiary/aromatic N) is 1. The van der Waals surface area contributed by atoms with Gasteiger partial charge in [-0.1, -0.05) is 44.5 Å². The normalized spacial score (nSPS) is 12.7. The average molecular weight is 226 g/mol. The maximum absolute atomic E-state index is 6.11. The summed E-state index contributed by atoms with van der Waals surface area (Å²) in [5.41, 5.74) is 0.627. The molecule has 0 amide bonds. The van der Waals surface area contributed by atoms with Gasteiger partial charge in [-0.2, -0.15) is 0 Å². The lowest BCUT2D eigenvalue weighted by Gasteiger charge is -2.16. The van der Waals surface area contributed by atoms with Crippen LogP contribution in [0.15, 0.2) is 29.3 Å². The quantitative estimate of drug-likeness (QED) is 0.697. The Bertz CT molecular complexity index is 366. The second-order valence-corrected chi connectivity index (χ2v) is 4.68. The predicted molar refractivity (Wildman–Crippen MR) is 65.4 cm³/mol. The molecule has 0 aliphatic carbocycles. The van der Waals surface area contributed by atoms with Crippen molar-refractivity contribution in [1.29, 1.82) is 0 Å². The van der Waals surface area contributed by atoms with Crippen molar-refractivity contribution in [2.45, 2.75) is 20.8 Å². The molecule has 0 aliphatic rings. The molecule has 1 aromatic carbocycles. The largest absolute Gasteiger partial charge is 0.494 e. The fraction of sp³-hybridized carbons (Fsp3) is 0.417. The molecule has 1 aromatic rings. The lowest BCUT2D eigenvalue weighted by Crippen LogP contribution is -2.13. The fourth-order valence-electron chi connectivity index (χ4n) is 0.996. The highest BCUT2D eigenvalue weighted by Crippen LogP contribution is 2.30.